The summed E-state index contributed by atoms with van der Waals surface area (Å²) in [4.78, 5) is 0. The van der Waals surface area contributed by atoms with Gasteiger partial charge in [-0.1, -0.05) is 48.5 Å². The lowest BCUT2D eigenvalue weighted by Gasteiger charge is -2.19. The van der Waals surface area contributed by atoms with Crippen molar-refractivity contribution in [2.24, 2.45) is 0 Å². The van der Waals surface area contributed by atoms with Crippen LogP contribution in [0.1, 0.15) is 38.8 Å². The van der Waals surface area contributed by atoms with Crippen molar-refractivity contribution in [1.29, 1.82) is 0 Å². The fourth-order valence-corrected chi connectivity index (χ4v) is 6.55. The van der Waals surface area contributed by atoms with Gasteiger partial charge in [-0.25, -0.2) is 0 Å². The number of benzene rings is 4. The zero-order valence-corrected chi connectivity index (χ0v) is 21.0. The smallest absolute Gasteiger partial charge is 0.198 e. The summed E-state index contributed by atoms with van der Waals surface area (Å²) in [5.41, 5.74) is 7.96. The zero-order chi connectivity index (χ0) is 23.8. The number of fused-ring (bicyclic) bond motifs is 6. The third-order valence-corrected chi connectivity index (χ3v) is 8.19. The molecule has 0 saturated carbocycles. The van der Waals surface area contributed by atoms with Crippen LogP contribution in [-0.2, 0) is 10.8 Å². The van der Waals surface area contributed by atoms with Crippen LogP contribution in [0.5, 0.6) is 0 Å². The summed E-state index contributed by atoms with van der Waals surface area (Å²) >= 11 is 0. The first-order valence-corrected chi connectivity index (χ1v) is 12.2. The highest BCUT2D eigenvalue weighted by Gasteiger charge is 2.47. The van der Waals surface area contributed by atoms with Gasteiger partial charge in [-0.15, -0.1) is 0 Å². The molecule has 2 nitrogen and oxygen atoms in total. The highest BCUT2D eigenvalue weighted by Crippen LogP contribution is 2.45. The maximum Gasteiger partial charge on any atom is 0.210 e. The minimum atomic E-state index is -0.0805. The molecule has 2 aliphatic heterocycles. The fourth-order valence-electron chi connectivity index (χ4n) is 6.55. The highest BCUT2D eigenvalue weighted by atomic mass is 15.0. The molecule has 0 unspecified atom stereocenters. The molecule has 2 heterocycles. The molecule has 4 aromatic rings. The van der Waals surface area contributed by atoms with Crippen LogP contribution in [-0.4, -0.2) is 34.7 Å². The van der Waals surface area contributed by atoms with E-state index < -0.39 is 0 Å². The van der Waals surface area contributed by atoms with Crippen LogP contribution < -0.4 is 0 Å². The van der Waals surface area contributed by atoms with Crippen LogP contribution in [0.2, 0.25) is 0 Å². The normalized spacial score (nSPS) is 18.4. The number of nitrogens with zero attached hydrogens (tertiary/aromatic N) is 2. The second-order valence-electron chi connectivity index (χ2n) is 10.8. The van der Waals surface area contributed by atoms with Crippen LogP contribution in [0.4, 0.5) is 11.4 Å². The molecule has 0 bridgehead atoms. The molecule has 0 spiro atoms. The Bertz CT molecular complexity index is 1490. The topological polar surface area (TPSA) is 6.02 Å². The van der Waals surface area contributed by atoms with Gasteiger partial charge in [-0.3, -0.25) is 0 Å². The molecule has 34 heavy (non-hydrogen) atoms. The Balaban J connectivity index is 1.47. The monoisotopic (exact) mass is 444 g/mol. The largest absolute Gasteiger partial charge is 0.210 e. The molecule has 0 aromatic heterocycles. The molecule has 0 N–H and O–H groups in total. The van der Waals surface area contributed by atoms with E-state index in [0.717, 1.165) is 0 Å². The number of hydrogen-bond donors (Lipinski definition) is 0. The van der Waals surface area contributed by atoms with Crippen molar-refractivity contribution in [3.8, 4) is 0 Å². The molecule has 0 saturated heterocycles. The molecule has 2 aliphatic rings. The molecule has 0 fully saturated rings. The van der Waals surface area contributed by atoms with E-state index in [2.05, 4.69) is 136 Å². The van der Waals surface area contributed by atoms with Crippen LogP contribution in [0.25, 0.3) is 21.5 Å². The summed E-state index contributed by atoms with van der Waals surface area (Å²) in [5, 5.41) is 5.32. The lowest BCUT2D eigenvalue weighted by molar-refractivity contribution is -0.402. The lowest BCUT2D eigenvalue weighted by atomic mass is 9.77. The van der Waals surface area contributed by atoms with Gasteiger partial charge in [-0.2, -0.15) is 9.15 Å². The van der Waals surface area contributed by atoms with Gasteiger partial charge in [0.1, 0.15) is 14.1 Å². The van der Waals surface area contributed by atoms with Crippen molar-refractivity contribution in [2.45, 2.75) is 38.5 Å². The molecule has 0 radical (unpaired) electrons. The minimum Gasteiger partial charge on any atom is -0.198 e. The van der Waals surface area contributed by atoms with Gasteiger partial charge in [0.15, 0.2) is 11.4 Å². The number of allylic oxidation sites excluding steroid dienone is 2. The van der Waals surface area contributed by atoms with E-state index in [1.54, 1.807) is 0 Å². The predicted octanol–water partition coefficient (Wildman–Crippen LogP) is 7.26. The molecule has 4 aromatic carbocycles. The van der Waals surface area contributed by atoms with Crippen molar-refractivity contribution in [3.05, 3.63) is 96.1 Å². The maximum atomic E-state index is 2.38. The Morgan fingerprint density at radius 3 is 1.32 bits per heavy atom. The summed E-state index contributed by atoms with van der Waals surface area (Å²) in [7, 11) is 4.41. The second kappa shape index (κ2) is 6.99. The molecule has 0 aliphatic carbocycles. The van der Waals surface area contributed by atoms with Gasteiger partial charge in [0, 0.05) is 35.4 Å². The minimum absolute atomic E-state index is 0.0805. The first-order valence-electron chi connectivity index (χ1n) is 12.2. The van der Waals surface area contributed by atoms with Crippen LogP contribution in [0, 0.1) is 0 Å². The average molecular weight is 445 g/mol. The second-order valence-corrected chi connectivity index (χ2v) is 10.8. The van der Waals surface area contributed by atoms with E-state index in [9.17, 15) is 0 Å². The number of hydrogen-bond acceptors (Lipinski definition) is 0. The lowest BCUT2D eigenvalue weighted by Crippen LogP contribution is -2.30. The first-order chi connectivity index (χ1) is 16.2. The maximum absolute atomic E-state index is 2.38. The molecule has 0 amide bonds. The summed E-state index contributed by atoms with van der Waals surface area (Å²) in [6, 6.07) is 26.6. The summed E-state index contributed by atoms with van der Waals surface area (Å²) < 4.78 is 4.76. The Morgan fingerprint density at radius 1 is 0.529 bits per heavy atom. The SMILES string of the molecule is C[N+]1=C(C=CC2=[N+](C)c3ccc4ccccc4c3C2(C)C)C(C)(C)c2c1ccc1ccccc21. The summed E-state index contributed by atoms with van der Waals surface area (Å²) in [5.74, 6) is 0. The van der Waals surface area contributed by atoms with Gasteiger partial charge in [0.05, 0.1) is 10.8 Å². The van der Waals surface area contributed by atoms with Crippen molar-refractivity contribution in [2.75, 3.05) is 14.1 Å². The van der Waals surface area contributed by atoms with E-state index in [1.165, 1.54) is 55.5 Å². The third kappa shape index (κ3) is 2.69. The molecular weight excluding hydrogens is 412 g/mol. The quantitative estimate of drug-likeness (QED) is 0.287. The van der Waals surface area contributed by atoms with Crippen molar-refractivity contribution < 1.29 is 9.15 Å². The van der Waals surface area contributed by atoms with Crippen molar-refractivity contribution in [1.82, 2.24) is 0 Å². The van der Waals surface area contributed by atoms with E-state index >= 15 is 0 Å². The molecule has 168 valence electrons. The predicted molar refractivity (Wildman–Crippen MR) is 145 cm³/mol. The Kier molecular flexibility index (Phi) is 4.33. The van der Waals surface area contributed by atoms with Gasteiger partial charge in [0.2, 0.25) is 11.4 Å². The first kappa shape index (κ1) is 21.0. The van der Waals surface area contributed by atoms with Gasteiger partial charge in [-0.05, 0) is 61.4 Å². The van der Waals surface area contributed by atoms with Crippen molar-refractivity contribution >= 4 is 44.3 Å². The summed E-state index contributed by atoms with van der Waals surface area (Å²) in [6.45, 7) is 9.44. The van der Waals surface area contributed by atoms with Crippen LogP contribution in [0.15, 0.2) is 84.9 Å². The molecule has 0 atom stereocenters. The fraction of sp³-hybridized carbons (Fsp3) is 0.250. The van der Waals surface area contributed by atoms with Crippen LogP contribution >= 0.6 is 0 Å². The molecule has 6 rings (SSSR count). The number of rotatable bonds is 2. The summed E-state index contributed by atoms with van der Waals surface area (Å²) in [6.07, 6.45) is 4.72. The van der Waals surface area contributed by atoms with E-state index in [-0.39, 0.29) is 10.8 Å². The Hall–Kier alpha value is -3.52. The standard InChI is InChI=1S/C32H32N2/c1-31(2)27(33(5)25-17-15-21-11-7-9-13-23(21)29(25)31)19-20-28-32(3,4)30-24-14-10-8-12-22(24)16-18-26(30)34(28)6/h7-20H,1-6H3/q+2. The van der Waals surface area contributed by atoms with Gasteiger partial charge >= 0.3 is 0 Å². The van der Waals surface area contributed by atoms with Crippen molar-refractivity contribution in [3.63, 3.8) is 0 Å². The molecule has 2 heteroatoms. The molecular formula is C32H32N2+2. The highest BCUT2D eigenvalue weighted by molar-refractivity contribution is 6.13. The third-order valence-electron chi connectivity index (χ3n) is 8.19. The van der Waals surface area contributed by atoms with E-state index in [4.69, 9.17) is 0 Å². The van der Waals surface area contributed by atoms with E-state index in [1.807, 2.05) is 0 Å². The Morgan fingerprint density at radius 2 is 0.912 bits per heavy atom. The zero-order valence-electron chi connectivity index (χ0n) is 21.0. The average Bonchev–Trinajstić information content (AvgIpc) is 3.15. The van der Waals surface area contributed by atoms with Gasteiger partial charge < -0.3 is 0 Å². The van der Waals surface area contributed by atoms with E-state index in [0.29, 0.717) is 0 Å². The van der Waals surface area contributed by atoms with Gasteiger partial charge in [0.25, 0.3) is 0 Å². The van der Waals surface area contributed by atoms with Crippen LogP contribution in [0.3, 0.4) is 0 Å². The Labute approximate surface area is 202 Å².